The molecule has 9 nitrogen and oxygen atoms in total. The summed E-state index contributed by atoms with van der Waals surface area (Å²) in [6, 6.07) is 5.60. The molecule has 9 heteroatoms. The maximum absolute atomic E-state index is 10.0. The average Bonchev–Trinajstić information content (AvgIpc) is 2.73. The van der Waals surface area contributed by atoms with Crippen LogP contribution >= 0.6 is 0 Å². The highest BCUT2D eigenvalue weighted by Gasteiger charge is 2.36. The van der Waals surface area contributed by atoms with Crippen LogP contribution < -0.4 is 5.73 Å². The van der Waals surface area contributed by atoms with Crippen molar-refractivity contribution in [1.82, 2.24) is 0 Å². The Morgan fingerprint density at radius 2 is 1.25 bits per heavy atom. The van der Waals surface area contributed by atoms with E-state index in [9.17, 15) is 15.3 Å². The molecule has 2 aliphatic carbocycles. The molecule has 0 aliphatic heterocycles. The molecule has 150 valence electrons. The molecule has 0 radical (unpaired) electrons. The van der Waals surface area contributed by atoms with E-state index in [1.165, 1.54) is 26.7 Å². The molecule has 0 spiro atoms. The van der Waals surface area contributed by atoms with E-state index >= 15 is 0 Å². The number of hydrogen-bond donors (Lipinski definition) is 1. The highest BCUT2D eigenvalue weighted by molar-refractivity contribution is 5.71. The number of urea groups is 1. The fourth-order valence-corrected chi connectivity index (χ4v) is 3.13. The Morgan fingerprint density at radius 1 is 0.857 bits per heavy atom. The van der Waals surface area contributed by atoms with Gasteiger partial charge in [0.15, 0.2) is 16.6 Å². The maximum Gasteiger partial charge on any atom is 0.356 e. The van der Waals surface area contributed by atoms with Gasteiger partial charge in [-0.05, 0) is 65.2 Å². The van der Waals surface area contributed by atoms with E-state index in [4.69, 9.17) is 5.26 Å². The van der Waals surface area contributed by atoms with Crippen LogP contribution in [0.5, 0.6) is 0 Å². The molecule has 28 heavy (non-hydrogen) atoms. The minimum atomic E-state index is -0.963. The lowest BCUT2D eigenvalue weighted by molar-refractivity contribution is 0.254. The van der Waals surface area contributed by atoms with Gasteiger partial charge in [-0.3, -0.25) is 0 Å². The lowest BCUT2D eigenvalue weighted by Gasteiger charge is -2.29. The van der Waals surface area contributed by atoms with E-state index in [1.54, 1.807) is 0 Å². The summed E-state index contributed by atoms with van der Waals surface area (Å²) in [5.74, 6) is 0. The Hall–Kier alpha value is -2.86. The predicted molar refractivity (Wildman–Crippen MR) is 102 cm³/mol. The molecule has 2 fully saturated rings. The molecule has 0 atom stereocenters. The fraction of sp³-hybridized carbons (Fsp3) is 0.789. The van der Waals surface area contributed by atoms with Crippen molar-refractivity contribution in [2.24, 2.45) is 26.2 Å². The molecule has 2 aliphatic rings. The van der Waals surface area contributed by atoms with Gasteiger partial charge in [-0.1, -0.05) is 18.0 Å². The lowest BCUT2D eigenvalue weighted by Crippen LogP contribution is -2.31. The number of nitrogens with zero attached hydrogens (tertiary/aromatic N) is 7. The molecule has 0 aromatic carbocycles. The van der Waals surface area contributed by atoms with E-state index < -0.39 is 22.6 Å². The van der Waals surface area contributed by atoms with E-state index in [1.807, 2.05) is 6.07 Å². The SMILES string of the molecule is CC(C)(C#N)/N=N/C(N)=O.N#CC1(/N=N/C2(C#N)CCCCC2)CCCCC1. The lowest BCUT2D eigenvalue weighted by atomic mass is 9.82. The van der Waals surface area contributed by atoms with Crippen molar-refractivity contribution in [3.05, 3.63) is 0 Å². The van der Waals surface area contributed by atoms with Crippen molar-refractivity contribution in [2.45, 2.75) is 94.7 Å². The first-order valence-corrected chi connectivity index (χ1v) is 9.62. The second-order valence-electron chi connectivity index (χ2n) is 7.82. The van der Waals surface area contributed by atoms with Crippen LogP contribution in [0.3, 0.4) is 0 Å². The molecular weight excluding hydrogens is 356 g/mol. The zero-order chi connectivity index (χ0) is 21.1. The van der Waals surface area contributed by atoms with Crippen LogP contribution in [0.25, 0.3) is 0 Å². The van der Waals surface area contributed by atoms with Crippen molar-refractivity contribution in [3.8, 4) is 18.2 Å². The summed E-state index contributed by atoms with van der Waals surface area (Å²) in [5.41, 5.74) is 2.40. The number of amides is 2. The predicted octanol–water partition coefficient (Wildman–Crippen LogP) is 4.71. The summed E-state index contributed by atoms with van der Waals surface area (Å²) in [6.45, 7) is 3.05. The zero-order valence-corrected chi connectivity index (χ0v) is 16.7. The molecule has 0 bridgehead atoms. The van der Waals surface area contributed by atoms with E-state index in [2.05, 4.69) is 38.3 Å². The van der Waals surface area contributed by atoms with Gasteiger partial charge in [-0.15, -0.1) is 0 Å². The molecule has 0 aromatic rings. The number of primary amides is 1. The largest absolute Gasteiger partial charge is 0.356 e. The number of azo groups is 2. The first-order chi connectivity index (χ1) is 13.2. The summed E-state index contributed by atoms with van der Waals surface area (Å²) >= 11 is 0. The van der Waals surface area contributed by atoms with Crippen LogP contribution in [-0.2, 0) is 0 Å². The Balaban J connectivity index is 0.000000336. The third kappa shape index (κ3) is 7.40. The number of carbonyl (C=O) groups excluding carboxylic acids is 1. The molecule has 0 aromatic heterocycles. The molecule has 2 N–H and O–H groups in total. The Morgan fingerprint density at radius 3 is 1.54 bits per heavy atom. The number of rotatable bonds is 3. The summed E-state index contributed by atoms with van der Waals surface area (Å²) in [7, 11) is 0. The minimum Gasteiger partial charge on any atom is -0.348 e. The van der Waals surface area contributed by atoms with Gasteiger partial charge in [0.2, 0.25) is 0 Å². The van der Waals surface area contributed by atoms with Crippen molar-refractivity contribution >= 4 is 6.03 Å². The van der Waals surface area contributed by atoms with Crippen molar-refractivity contribution in [2.75, 3.05) is 0 Å². The van der Waals surface area contributed by atoms with E-state index in [0.29, 0.717) is 0 Å². The topological polar surface area (TPSA) is 164 Å². The van der Waals surface area contributed by atoms with Crippen LogP contribution in [-0.4, -0.2) is 22.6 Å². The number of hydrogen-bond acceptors (Lipinski definition) is 7. The smallest absolute Gasteiger partial charge is 0.348 e. The third-order valence-electron chi connectivity index (χ3n) is 4.88. The average molecular weight is 384 g/mol. The molecule has 0 heterocycles. The Bertz CT molecular complexity index is 670. The zero-order valence-electron chi connectivity index (χ0n) is 16.7. The first kappa shape index (κ1) is 23.2. The molecular formula is C19H28N8O. The van der Waals surface area contributed by atoms with Gasteiger partial charge >= 0.3 is 6.03 Å². The van der Waals surface area contributed by atoms with Crippen molar-refractivity contribution in [3.63, 3.8) is 0 Å². The first-order valence-electron chi connectivity index (χ1n) is 9.62. The summed E-state index contributed by atoms with van der Waals surface area (Å²) in [6.07, 6.45) is 9.76. The second kappa shape index (κ2) is 10.5. The van der Waals surface area contributed by atoms with Crippen LogP contribution in [0.1, 0.15) is 78.1 Å². The van der Waals surface area contributed by atoms with Crippen LogP contribution in [0, 0.1) is 34.0 Å². The normalized spacial score (nSPS) is 21.0. The third-order valence-corrected chi connectivity index (χ3v) is 4.88. The van der Waals surface area contributed by atoms with E-state index in [-0.39, 0.29) is 0 Å². The van der Waals surface area contributed by atoms with Gasteiger partial charge in [0.05, 0.1) is 18.2 Å². The van der Waals surface area contributed by atoms with Gasteiger partial charge in [-0.25, -0.2) is 4.79 Å². The number of nitrogens with two attached hydrogens (primary N) is 1. The molecule has 2 saturated carbocycles. The highest BCUT2D eigenvalue weighted by Crippen LogP contribution is 2.36. The monoisotopic (exact) mass is 384 g/mol. The molecule has 0 unspecified atom stereocenters. The van der Waals surface area contributed by atoms with Crippen molar-refractivity contribution < 1.29 is 4.79 Å². The maximum atomic E-state index is 10.0. The van der Waals surface area contributed by atoms with Crippen LogP contribution in [0.2, 0.25) is 0 Å². The van der Waals surface area contributed by atoms with Gasteiger partial charge in [0, 0.05) is 0 Å². The quantitative estimate of drug-likeness (QED) is 0.696. The Labute approximate surface area is 166 Å². The molecule has 0 saturated heterocycles. The summed E-state index contributed by atoms with van der Waals surface area (Å²) in [5, 5.41) is 42.1. The second-order valence-corrected chi connectivity index (χ2v) is 7.82. The van der Waals surface area contributed by atoms with Crippen LogP contribution in [0.4, 0.5) is 4.79 Å². The minimum absolute atomic E-state index is 0.639. The molecule has 2 rings (SSSR count). The fourth-order valence-electron chi connectivity index (χ4n) is 3.13. The number of carbonyl (C=O) groups is 1. The van der Waals surface area contributed by atoms with E-state index in [0.717, 1.165) is 51.4 Å². The summed E-state index contributed by atoms with van der Waals surface area (Å²) < 4.78 is 0. The highest BCUT2D eigenvalue weighted by atomic mass is 16.2. The van der Waals surface area contributed by atoms with Gasteiger partial charge in [0.1, 0.15) is 0 Å². The van der Waals surface area contributed by atoms with Gasteiger partial charge in [-0.2, -0.15) is 31.1 Å². The molecule has 2 amide bonds. The number of nitriles is 3. The van der Waals surface area contributed by atoms with Gasteiger partial charge in [0.25, 0.3) is 0 Å². The van der Waals surface area contributed by atoms with Crippen molar-refractivity contribution in [1.29, 1.82) is 15.8 Å². The Kier molecular flexibility index (Phi) is 8.67. The standard InChI is InChI=1S/C14H20N4.C5H8N4O/c15-11-13(7-3-1-4-8-13)17-18-14(12-16)9-5-2-6-10-14;1-5(2,3-6)9-8-4(7)10/h1-10H2;1-2H3,(H2,7,10)/b18-17+;9-8+. The van der Waals surface area contributed by atoms with Gasteiger partial charge < -0.3 is 5.73 Å². The van der Waals surface area contributed by atoms with Crippen LogP contribution in [0.15, 0.2) is 20.5 Å². The summed E-state index contributed by atoms with van der Waals surface area (Å²) in [4.78, 5) is 10.0.